The first-order valence-electron chi connectivity index (χ1n) is 7.72. The summed E-state index contributed by atoms with van der Waals surface area (Å²) in [6.45, 7) is 1.14. The molecule has 8 nitrogen and oxygen atoms in total. The number of benzene rings is 2. The Morgan fingerprint density at radius 1 is 1.21 bits per heavy atom. The van der Waals surface area contributed by atoms with Crippen molar-refractivity contribution in [1.82, 2.24) is 0 Å². The first kappa shape index (κ1) is 20.7. The standard InChI is InChI=1S/C17H14F3N3O5/c1-9(15(24)22-14-5-3-2-4-12(14)17(18,19)20)28-16(25)11-8-10(23(26)27)6-7-13(11)21/h2-9H,21H2,1H3,(H,22,24)/t9-/m1/s1. The fraction of sp³-hybridized carbons (Fsp3) is 0.176. The fourth-order valence-electron chi connectivity index (χ4n) is 2.19. The second-order valence-corrected chi connectivity index (χ2v) is 5.61. The van der Waals surface area contributed by atoms with Gasteiger partial charge in [0.15, 0.2) is 6.10 Å². The summed E-state index contributed by atoms with van der Waals surface area (Å²) >= 11 is 0. The number of anilines is 2. The van der Waals surface area contributed by atoms with Crippen molar-refractivity contribution in [3.8, 4) is 0 Å². The van der Waals surface area contributed by atoms with Gasteiger partial charge in [-0.05, 0) is 25.1 Å². The molecule has 0 aliphatic rings. The fourth-order valence-corrected chi connectivity index (χ4v) is 2.19. The highest BCUT2D eigenvalue weighted by Gasteiger charge is 2.34. The Balaban J connectivity index is 2.15. The summed E-state index contributed by atoms with van der Waals surface area (Å²) in [5.74, 6) is -2.15. The molecule has 0 saturated carbocycles. The number of carbonyl (C=O) groups excluding carboxylic acids is 2. The van der Waals surface area contributed by atoms with Crippen molar-refractivity contribution in [2.24, 2.45) is 0 Å². The number of nitrogen functional groups attached to an aromatic ring is 1. The normalized spacial score (nSPS) is 12.1. The lowest BCUT2D eigenvalue weighted by Gasteiger charge is -2.17. The van der Waals surface area contributed by atoms with Crippen molar-refractivity contribution in [3.05, 3.63) is 63.7 Å². The minimum Gasteiger partial charge on any atom is -0.449 e. The van der Waals surface area contributed by atoms with E-state index in [0.717, 1.165) is 43.3 Å². The number of nitrogens with one attached hydrogen (secondary N) is 1. The number of hydrogen-bond donors (Lipinski definition) is 2. The Morgan fingerprint density at radius 3 is 2.46 bits per heavy atom. The number of nitro benzene ring substituents is 1. The number of hydrogen-bond acceptors (Lipinski definition) is 6. The zero-order valence-corrected chi connectivity index (χ0v) is 14.3. The van der Waals surface area contributed by atoms with E-state index in [1.165, 1.54) is 6.07 Å². The van der Waals surface area contributed by atoms with Crippen LogP contribution in [-0.4, -0.2) is 22.9 Å². The first-order valence-corrected chi connectivity index (χ1v) is 7.72. The van der Waals surface area contributed by atoms with Crippen LogP contribution in [0, 0.1) is 10.1 Å². The van der Waals surface area contributed by atoms with Gasteiger partial charge in [-0.2, -0.15) is 13.2 Å². The molecule has 11 heteroatoms. The smallest absolute Gasteiger partial charge is 0.418 e. The molecule has 0 radical (unpaired) electrons. The van der Waals surface area contributed by atoms with Gasteiger partial charge in [0.2, 0.25) is 0 Å². The number of halogens is 3. The zero-order chi connectivity index (χ0) is 21.1. The van der Waals surface area contributed by atoms with Crippen molar-refractivity contribution >= 4 is 28.9 Å². The highest BCUT2D eigenvalue weighted by Crippen LogP contribution is 2.34. The second-order valence-electron chi connectivity index (χ2n) is 5.61. The highest BCUT2D eigenvalue weighted by atomic mass is 19.4. The first-order chi connectivity index (χ1) is 13.0. The predicted molar refractivity (Wildman–Crippen MR) is 92.5 cm³/mol. The number of nitrogens with zero attached hydrogens (tertiary/aromatic N) is 1. The number of nitrogens with two attached hydrogens (primary N) is 1. The molecular weight excluding hydrogens is 383 g/mol. The van der Waals surface area contributed by atoms with Crippen molar-refractivity contribution in [1.29, 1.82) is 0 Å². The van der Waals surface area contributed by atoms with Gasteiger partial charge in [-0.15, -0.1) is 0 Å². The van der Waals surface area contributed by atoms with Gasteiger partial charge in [0.25, 0.3) is 11.6 Å². The minimum absolute atomic E-state index is 0.120. The average molecular weight is 397 g/mol. The van der Waals surface area contributed by atoms with Crippen molar-refractivity contribution in [3.63, 3.8) is 0 Å². The number of carbonyl (C=O) groups is 2. The molecule has 0 aliphatic carbocycles. The van der Waals surface area contributed by atoms with Gasteiger partial charge < -0.3 is 15.8 Å². The summed E-state index contributed by atoms with van der Waals surface area (Å²) in [4.78, 5) is 34.3. The molecule has 1 atom stereocenters. The van der Waals surface area contributed by atoms with Crippen LogP contribution in [0.3, 0.4) is 0 Å². The van der Waals surface area contributed by atoms with Crippen LogP contribution in [0.4, 0.5) is 30.2 Å². The number of esters is 1. The maximum Gasteiger partial charge on any atom is 0.418 e. The molecule has 2 aromatic carbocycles. The molecule has 0 spiro atoms. The third kappa shape index (κ3) is 4.75. The SMILES string of the molecule is C[C@@H](OC(=O)c1cc([N+](=O)[O-])ccc1N)C(=O)Nc1ccccc1C(F)(F)F. The van der Waals surface area contributed by atoms with E-state index in [0.29, 0.717) is 0 Å². The van der Waals surface area contributed by atoms with Crippen LogP contribution in [0.1, 0.15) is 22.8 Å². The summed E-state index contributed by atoms with van der Waals surface area (Å²) < 4.78 is 43.8. The lowest BCUT2D eigenvalue weighted by molar-refractivity contribution is -0.384. The Labute approximate surface area is 156 Å². The topological polar surface area (TPSA) is 125 Å². The Kier molecular flexibility index (Phi) is 5.87. The Morgan fingerprint density at radius 2 is 1.86 bits per heavy atom. The van der Waals surface area contributed by atoms with Gasteiger partial charge in [0.05, 0.1) is 21.7 Å². The molecule has 0 aliphatic heterocycles. The zero-order valence-electron chi connectivity index (χ0n) is 14.3. The van der Waals surface area contributed by atoms with Gasteiger partial charge in [0, 0.05) is 17.8 Å². The number of rotatable bonds is 5. The number of amides is 1. The van der Waals surface area contributed by atoms with Gasteiger partial charge in [-0.3, -0.25) is 14.9 Å². The van der Waals surface area contributed by atoms with E-state index in [9.17, 15) is 32.9 Å². The molecule has 28 heavy (non-hydrogen) atoms. The molecule has 148 valence electrons. The van der Waals surface area contributed by atoms with Crippen LogP contribution in [0.5, 0.6) is 0 Å². The van der Waals surface area contributed by atoms with Gasteiger partial charge >= 0.3 is 12.1 Å². The summed E-state index contributed by atoms with van der Waals surface area (Å²) in [5, 5.41) is 12.8. The molecule has 2 aromatic rings. The maximum absolute atomic E-state index is 13.0. The van der Waals surface area contributed by atoms with Crippen LogP contribution in [0.2, 0.25) is 0 Å². The molecule has 0 saturated heterocycles. The number of nitro groups is 1. The molecule has 2 rings (SSSR count). The van der Waals surface area contributed by atoms with E-state index in [2.05, 4.69) is 0 Å². The van der Waals surface area contributed by atoms with Crippen LogP contribution < -0.4 is 11.1 Å². The van der Waals surface area contributed by atoms with Gasteiger partial charge in [-0.25, -0.2) is 4.79 Å². The number of non-ortho nitro benzene ring substituents is 1. The molecule has 3 N–H and O–H groups in total. The van der Waals surface area contributed by atoms with Gasteiger partial charge in [0.1, 0.15) is 0 Å². The van der Waals surface area contributed by atoms with E-state index in [4.69, 9.17) is 10.5 Å². The maximum atomic E-state index is 13.0. The van der Waals surface area contributed by atoms with Crippen molar-refractivity contribution in [2.75, 3.05) is 11.1 Å². The van der Waals surface area contributed by atoms with E-state index < -0.39 is 46.0 Å². The summed E-state index contributed by atoms with van der Waals surface area (Å²) in [7, 11) is 0. The molecule has 0 unspecified atom stereocenters. The number of ether oxygens (including phenoxy) is 1. The molecule has 0 fully saturated rings. The highest BCUT2D eigenvalue weighted by molar-refractivity contribution is 6.00. The molecule has 0 aromatic heterocycles. The Bertz CT molecular complexity index is 930. The van der Waals surface area contributed by atoms with Crippen LogP contribution in [0.15, 0.2) is 42.5 Å². The summed E-state index contributed by atoms with van der Waals surface area (Å²) in [5.41, 5.74) is 3.14. The number of para-hydroxylation sites is 1. The van der Waals surface area contributed by atoms with Crippen LogP contribution >= 0.6 is 0 Å². The predicted octanol–water partition coefficient (Wildman–Crippen LogP) is 3.38. The van der Waals surface area contributed by atoms with Crippen LogP contribution in [-0.2, 0) is 15.7 Å². The Hall–Kier alpha value is -3.63. The largest absolute Gasteiger partial charge is 0.449 e. The van der Waals surface area contributed by atoms with E-state index in [-0.39, 0.29) is 11.3 Å². The number of alkyl halides is 3. The molecule has 1 amide bonds. The molecule has 0 heterocycles. The van der Waals surface area contributed by atoms with Crippen molar-refractivity contribution in [2.45, 2.75) is 19.2 Å². The van der Waals surface area contributed by atoms with Crippen LogP contribution in [0.25, 0.3) is 0 Å². The quantitative estimate of drug-likeness (QED) is 0.345. The monoisotopic (exact) mass is 397 g/mol. The lowest BCUT2D eigenvalue weighted by Crippen LogP contribution is -2.31. The van der Waals surface area contributed by atoms with Gasteiger partial charge in [-0.1, -0.05) is 12.1 Å². The van der Waals surface area contributed by atoms with E-state index in [1.54, 1.807) is 0 Å². The van der Waals surface area contributed by atoms with E-state index >= 15 is 0 Å². The summed E-state index contributed by atoms with van der Waals surface area (Å²) in [6.07, 6.45) is -6.19. The second kappa shape index (κ2) is 7.94. The average Bonchev–Trinajstić information content (AvgIpc) is 2.61. The molecule has 0 bridgehead atoms. The molecular formula is C17H14F3N3O5. The third-order valence-electron chi connectivity index (χ3n) is 3.61. The van der Waals surface area contributed by atoms with Crippen molar-refractivity contribution < 1.29 is 32.4 Å². The lowest BCUT2D eigenvalue weighted by atomic mass is 10.1. The van der Waals surface area contributed by atoms with E-state index in [1.807, 2.05) is 5.32 Å². The summed E-state index contributed by atoms with van der Waals surface area (Å²) in [6, 6.07) is 7.37. The third-order valence-corrected chi connectivity index (χ3v) is 3.61. The minimum atomic E-state index is -4.69.